The van der Waals surface area contributed by atoms with E-state index in [-0.39, 0.29) is 12.5 Å². The standard InChI is InChI=1S/C14H13NO4S/c1-18-13(16)9-19-11-6-4-10(5-7-11)15-14(17)12-3-2-8-20-12/h2-8H,9H2,1H3,(H,15,17). The summed E-state index contributed by atoms with van der Waals surface area (Å²) in [6, 6.07) is 10.3. The summed E-state index contributed by atoms with van der Waals surface area (Å²) in [6.07, 6.45) is 0. The van der Waals surface area contributed by atoms with Crippen LogP contribution in [0, 0.1) is 0 Å². The largest absolute Gasteiger partial charge is 0.482 e. The van der Waals surface area contributed by atoms with E-state index in [1.165, 1.54) is 18.4 Å². The Morgan fingerprint density at radius 3 is 2.55 bits per heavy atom. The fourth-order valence-corrected chi connectivity index (χ4v) is 2.06. The molecule has 6 heteroatoms. The average Bonchev–Trinajstić information content (AvgIpc) is 3.00. The number of carbonyl (C=O) groups excluding carboxylic acids is 2. The van der Waals surface area contributed by atoms with Crippen LogP contribution in [0.25, 0.3) is 0 Å². The van der Waals surface area contributed by atoms with Crippen LogP contribution >= 0.6 is 11.3 Å². The Labute approximate surface area is 120 Å². The molecule has 0 bridgehead atoms. The Balaban J connectivity index is 1.91. The quantitative estimate of drug-likeness (QED) is 0.860. The molecule has 0 saturated heterocycles. The summed E-state index contributed by atoms with van der Waals surface area (Å²) in [6.45, 7) is -0.141. The van der Waals surface area contributed by atoms with Crippen LogP contribution in [0.4, 0.5) is 5.69 Å². The Bertz CT molecular complexity index is 578. The first kappa shape index (κ1) is 14.1. The number of thiophene rings is 1. The highest BCUT2D eigenvalue weighted by molar-refractivity contribution is 7.12. The van der Waals surface area contributed by atoms with Crippen LogP contribution in [-0.4, -0.2) is 25.6 Å². The molecule has 1 aromatic carbocycles. The topological polar surface area (TPSA) is 64.6 Å². The number of hydrogen-bond acceptors (Lipinski definition) is 5. The number of amides is 1. The molecule has 0 fully saturated rings. The number of ether oxygens (including phenoxy) is 2. The predicted octanol–water partition coefficient (Wildman–Crippen LogP) is 2.55. The number of benzene rings is 1. The second-order valence-electron chi connectivity index (χ2n) is 3.82. The molecule has 5 nitrogen and oxygen atoms in total. The Morgan fingerprint density at radius 1 is 1.20 bits per heavy atom. The third-order valence-electron chi connectivity index (χ3n) is 2.44. The van der Waals surface area contributed by atoms with Gasteiger partial charge in [0, 0.05) is 5.69 Å². The van der Waals surface area contributed by atoms with Gasteiger partial charge in [0.2, 0.25) is 0 Å². The van der Waals surface area contributed by atoms with Crippen molar-refractivity contribution in [3.8, 4) is 5.75 Å². The minimum absolute atomic E-state index is 0.141. The van der Waals surface area contributed by atoms with E-state index in [1.807, 2.05) is 11.4 Å². The molecule has 0 unspecified atom stereocenters. The fourth-order valence-electron chi connectivity index (χ4n) is 1.44. The number of nitrogens with one attached hydrogen (secondary N) is 1. The van der Waals surface area contributed by atoms with Crippen LogP contribution in [0.15, 0.2) is 41.8 Å². The number of carbonyl (C=O) groups is 2. The third kappa shape index (κ3) is 3.83. The third-order valence-corrected chi connectivity index (χ3v) is 3.31. The molecular weight excluding hydrogens is 278 g/mol. The van der Waals surface area contributed by atoms with Crippen LogP contribution in [0.2, 0.25) is 0 Å². The van der Waals surface area contributed by atoms with E-state index in [9.17, 15) is 9.59 Å². The molecule has 0 aliphatic heterocycles. The van der Waals surface area contributed by atoms with Gasteiger partial charge in [0.05, 0.1) is 12.0 Å². The molecule has 1 heterocycles. The van der Waals surface area contributed by atoms with Crippen molar-refractivity contribution in [1.29, 1.82) is 0 Å². The van der Waals surface area contributed by atoms with Gasteiger partial charge in [-0.3, -0.25) is 4.79 Å². The van der Waals surface area contributed by atoms with Gasteiger partial charge in [0.25, 0.3) is 5.91 Å². The molecule has 1 aromatic heterocycles. The molecule has 0 spiro atoms. The van der Waals surface area contributed by atoms with E-state index in [1.54, 1.807) is 30.3 Å². The molecule has 0 aliphatic carbocycles. The number of hydrogen-bond donors (Lipinski definition) is 1. The second-order valence-corrected chi connectivity index (χ2v) is 4.77. The summed E-state index contributed by atoms with van der Waals surface area (Å²) in [7, 11) is 1.30. The van der Waals surface area contributed by atoms with Gasteiger partial charge in [-0.2, -0.15) is 0 Å². The Morgan fingerprint density at radius 2 is 1.95 bits per heavy atom. The van der Waals surface area contributed by atoms with Crippen molar-refractivity contribution in [2.45, 2.75) is 0 Å². The first-order chi connectivity index (χ1) is 9.69. The first-order valence-electron chi connectivity index (χ1n) is 5.83. The van der Waals surface area contributed by atoms with E-state index in [0.717, 1.165) is 0 Å². The second kappa shape index (κ2) is 6.72. The fraction of sp³-hybridized carbons (Fsp3) is 0.143. The van der Waals surface area contributed by atoms with Crippen LogP contribution in [-0.2, 0) is 9.53 Å². The molecule has 1 N–H and O–H groups in total. The van der Waals surface area contributed by atoms with E-state index in [2.05, 4.69) is 10.1 Å². The van der Waals surface area contributed by atoms with Crippen LogP contribution in [0.3, 0.4) is 0 Å². The molecule has 0 saturated carbocycles. The molecule has 20 heavy (non-hydrogen) atoms. The van der Waals surface area contributed by atoms with E-state index in [0.29, 0.717) is 16.3 Å². The molecule has 2 rings (SSSR count). The Hall–Kier alpha value is -2.34. The van der Waals surface area contributed by atoms with E-state index < -0.39 is 5.97 Å². The lowest BCUT2D eigenvalue weighted by Gasteiger charge is -2.07. The van der Waals surface area contributed by atoms with Gasteiger partial charge >= 0.3 is 5.97 Å². The highest BCUT2D eigenvalue weighted by atomic mass is 32.1. The zero-order valence-corrected chi connectivity index (χ0v) is 11.6. The molecule has 0 aliphatic rings. The average molecular weight is 291 g/mol. The van der Waals surface area contributed by atoms with Crippen molar-refractivity contribution in [2.75, 3.05) is 19.0 Å². The molecule has 1 amide bonds. The minimum atomic E-state index is -0.444. The van der Waals surface area contributed by atoms with Gasteiger partial charge < -0.3 is 14.8 Å². The minimum Gasteiger partial charge on any atom is -0.482 e. The van der Waals surface area contributed by atoms with Gasteiger partial charge in [-0.05, 0) is 35.7 Å². The van der Waals surface area contributed by atoms with Gasteiger partial charge in [-0.25, -0.2) is 4.79 Å². The number of rotatable bonds is 5. The normalized spacial score (nSPS) is 9.85. The van der Waals surface area contributed by atoms with Crippen LogP contribution in [0.1, 0.15) is 9.67 Å². The smallest absolute Gasteiger partial charge is 0.343 e. The number of methoxy groups -OCH3 is 1. The highest BCUT2D eigenvalue weighted by Crippen LogP contribution is 2.17. The van der Waals surface area contributed by atoms with Gasteiger partial charge in [-0.15, -0.1) is 11.3 Å². The van der Waals surface area contributed by atoms with Crippen molar-refractivity contribution in [1.82, 2.24) is 0 Å². The Kier molecular flexibility index (Phi) is 4.73. The zero-order chi connectivity index (χ0) is 14.4. The lowest BCUT2D eigenvalue weighted by atomic mass is 10.3. The molecule has 2 aromatic rings. The highest BCUT2D eigenvalue weighted by Gasteiger charge is 2.07. The first-order valence-corrected chi connectivity index (χ1v) is 6.71. The number of esters is 1. The predicted molar refractivity (Wildman–Crippen MR) is 76.2 cm³/mol. The molecular formula is C14H13NO4S. The maximum absolute atomic E-state index is 11.8. The van der Waals surface area contributed by atoms with Crippen molar-refractivity contribution in [3.05, 3.63) is 46.7 Å². The van der Waals surface area contributed by atoms with Gasteiger partial charge in [0.1, 0.15) is 5.75 Å². The lowest BCUT2D eigenvalue weighted by molar-refractivity contribution is -0.142. The maximum Gasteiger partial charge on any atom is 0.343 e. The maximum atomic E-state index is 11.8. The van der Waals surface area contributed by atoms with Crippen molar-refractivity contribution >= 4 is 28.9 Å². The summed E-state index contributed by atoms with van der Waals surface area (Å²) >= 11 is 1.38. The van der Waals surface area contributed by atoms with E-state index >= 15 is 0 Å². The zero-order valence-electron chi connectivity index (χ0n) is 10.8. The summed E-state index contributed by atoms with van der Waals surface area (Å²) in [5.41, 5.74) is 0.661. The van der Waals surface area contributed by atoms with Crippen LogP contribution < -0.4 is 10.1 Å². The summed E-state index contributed by atoms with van der Waals surface area (Å²) in [5.74, 6) is -0.0622. The molecule has 0 radical (unpaired) electrons. The molecule has 0 atom stereocenters. The lowest BCUT2D eigenvalue weighted by Crippen LogP contribution is -2.12. The monoisotopic (exact) mass is 291 g/mol. The van der Waals surface area contributed by atoms with Gasteiger partial charge in [-0.1, -0.05) is 6.07 Å². The summed E-state index contributed by atoms with van der Waals surface area (Å²) < 4.78 is 9.68. The summed E-state index contributed by atoms with van der Waals surface area (Å²) in [5, 5.41) is 4.62. The van der Waals surface area contributed by atoms with Crippen molar-refractivity contribution < 1.29 is 19.1 Å². The van der Waals surface area contributed by atoms with E-state index in [4.69, 9.17) is 4.74 Å². The van der Waals surface area contributed by atoms with Gasteiger partial charge in [0.15, 0.2) is 6.61 Å². The molecule has 104 valence electrons. The summed E-state index contributed by atoms with van der Waals surface area (Å²) in [4.78, 5) is 23.4. The van der Waals surface area contributed by atoms with Crippen LogP contribution in [0.5, 0.6) is 5.75 Å². The van der Waals surface area contributed by atoms with Crippen molar-refractivity contribution in [3.63, 3.8) is 0 Å². The van der Waals surface area contributed by atoms with Crippen molar-refractivity contribution in [2.24, 2.45) is 0 Å². The SMILES string of the molecule is COC(=O)COc1ccc(NC(=O)c2cccs2)cc1. The number of anilines is 1.